The summed E-state index contributed by atoms with van der Waals surface area (Å²) in [6, 6.07) is 7.44. The lowest BCUT2D eigenvalue weighted by atomic mass is 9.94. The van der Waals surface area contributed by atoms with Crippen LogP contribution in [0, 0.1) is 0 Å². The van der Waals surface area contributed by atoms with Crippen LogP contribution in [0.25, 0.3) is 5.76 Å². The average Bonchev–Trinajstić information content (AvgIpc) is 3.24. The number of carbonyl (C=O) groups excluding carboxylic acids is 2. The summed E-state index contributed by atoms with van der Waals surface area (Å²) in [4.78, 5) is 29.7. The van der Waals surface area contributed by atoms with Crippen molar-refractivity contribution in [3.05, 3.63) is 47.0 Å². The Morgan fingerprint density at radius 2 is 1.62 bits per heavy atom. The van der Waals surface area contributed by atoms with E-state index in [1.807, 2.05) is 0 Å². The molecule has 11 nitrogen and oxygen atoms in total. The minimum absolute atomic E-state index is 0.0251. The minimum atomic E-state index is -0.882. The van der Waals surface area contributed by atoms with E-state index in [0.29, 0.717) is 79.4 Å². The number of hydrogen-bond acceptors (Lipinski definition) is 9. The summed E-state index contributed by atoms with van der Waals surface area (Å²) >= 11 is 0. The first-order valence-electron chi connectivity index (χ1n) is 12.9. The number of amides is 1. The highest BCUT2D eigenvalue weighted by molar-refractivity contribution is 6.46. The number of ether oxygens (including phenoxy) is 6. The molecule has 5 rings (SSSR count). The normalized spacial score (nSPS) is 20.7. The Morgan fingerprint density at radius 3 is 2.26 bits per heavy atom. The van der Waals surface area contributed by atoms with Crippen LogP contribution in [0.3, 0.4) is 0 Å². The first-order valence-corrected chi connectivity index (χ1v) is 12.9. The van der Waals surface area contributed by atoms with Crippen molar-refractivity contribution in [2.24, 2.45) is 0 Å². The van der Waals surface area contributed by atoms with E-state index >= 15 is 0 Å². The lowest BCUT2D eigenvalue weighted by Crippen LogP contribution is -3.14. The van der Waals surface area contributed by atoms with Crippen molar-refractivity contribution >= 4 is 17.4 Å². The smallest absolute Gasteiger partial charge is 0.295 e. The second-order valence-corrected chi connectivity index (χ2v) is 9.42. The molecule has 0 aliphatic carbocycles. The topological polar surface area (TPSA) is 117 Å². The Kier molecular flexibility index (Phi) is 7.80. The van der Waals surface area contributed by atoms with Gasteiger partial charge in [0.05, 0.1) is 59.2 Å². The Bertz CT molecular complexity index is 1260. The van der Waals surface area contributed by atoms with Gasteiger partial charge in [-0.3, -0.25) is 9.59 Å². The van der Waals surface area contributed by atoms with E-state index in [0.717, 1.165) is 13.1 Å². The fraction of sp³-hybridized carbons (Fsp3) is 0.429. The number of quaternary nitrogens is 1. The van der Waals surface area contributed by atoms with Crippen molar-refractivity contribution < 1.29 is 48.0 Å². The van der Waals surface area contributed by atoms with E-state index in [4.69, 9.17) is 28.4 Å². The van der Waals surface area contributed by atoms with Gasteiger partial charge in [0.2, 0.25) is 5.75 Å². The highest BCUT2D eigenvalue weighted by atomic mass is 16.6. The van der Waals surface area contributed by atoms with Crippen molar-refractivity contribution in [1.82, 2.24) is 4.90 Å². The fourth-order valence-electron chi connectivity index (χ4n) is 5.25. The van der Waals surface area contributed by atoms with Gasteiger partial charge in [0.15, 0.2) is 23.0 Å². The zero-order valence-electron chi connectivity index (χ0n) is 22.3. The van der Waals surface area contributed by atoms with Crippen LogP contribution in [-0.2, 0) is 14.3 Å². The van der Waals surface area contributed by atoms with Crippen LogP contribution >= 0.6 is 0 Å². The molecular weight excluding hydrogens is 508 g/mol. The predicted molar refractivity (Wildman–Crippen MR) is 139 cm³/mol. The van der Waals surface area contributed by atoms with Crippen LogP contribution in [0.5, 0.6) is 28.7 Å². The van der Waals surface area contributed by atoms with E-state index in [2.05, 4.69) is 0 Å². The molecule has 0 spiro atoms. The Labute approximate surface area is 226 Å². The summed E-state index contributed by atoms with van der Waals surface area (Å²) in [5, 5.41) is 11.5. The van der Waals surface area contributed by atoms with Crippen LogP contribution in [0.1, 0.15) is 17.2 Å². The van der Waals surface area contributed by atoms with Gasteiger partial charge >= 0.3 is 0 Å². The monoisotopic (exact) mass is 541 g/mol. The van der Waals surface area contributed by atoms with Gasteiger partial charge in [-0.1, -0.05) is 0 Å². The van der Waals surface area contributed by atoms with Gasteiger partial charge in [-0.25, -0.2) is 0 Å². The maximum atomic E-state index is 13.5. The fourth-order valence-corrected chi connectivity index (χ4v) is 5.25. The van der Waals surface area contributed by atoms with Crippen molar-refractivity contribution in [3.63, 3.8) is 0 Å². The number of aliphatic hydroxyl groups is 1. The maximum Gasteiger partial charge on any atom is 0.295 e. The van der Waals surface area contributed by atoms with E-state index in [9.17, 15) is 14.7 Å². The lowest BCUT2D eigenvalue weighted by molar-refractivity contribution is -0.907. The van der Waals surface area contributed by atoms with E-state index < -0.39 is 17.7 Å². The third kappa shape index (κ3) is 5.07. The van der Waals surface area contributed by atoms with Crippen LogP contribution in [-0.4, -0.2) is 95.6 Å². The number of ketones is 1. The predicted octanol–water partition coefficient (Wildman–Crippen LogP) is 0.820. The van der Waals surface area contributed by atoms with E-state index in [-0.39, 0.29) is 11.3 Å². The summed E-state index contributed by atoms with van der Waals surface area (Å²) in [5.74, 6) is 0.382. The highest BCUT2D eigenvalue weighted by Gasteiger charge is 2.47. The zero-order chi connectivity index (χ0) is 27.5. The number of likely N-dealkylation sites (tertiary alicyclic amines) is 1. The Balaban J connectivity index is 1.61. The Hall–Kier alpha value is -3.96. The molecule has 2 saturated heterocycles. The van der Waals surface area contributed by atoms with Gasteiger partial charge in [0.1, 0.15) is 32.1 Å². The molecule has 0 bridgehead atoms. The molecular formula is C28H33N2O9+. The standard InChI is InChI=1S/C28H32N2O9/c1-34-21-15-18(16-22(35-2)27(21)36-3)24-23(25(31)17-4-5-19-20(14-17)39-13-12-38-19)26(32)28(33)30(24)7-6-29-8-10-37-11-9-29/h4-5,14-16,24,31H,6-13H2,1-3H3/p+1/t24-/m1/s1. The molecule has 0 radical (unpaired) electrons. The number of benzene rings is 2. The second kappa shape index (κ2) is 11.4. The molecule has 3 aliphatic heterocycles. The summed E-state index contributed by atoms with van der Waals surface area (Å²) in [6.45, 7) is 4.65. The number of hydrogen-bond donors (Lipinski definition) is 2. The van der Waals surface area contributed by atoms with Crippen molar-refractivity contribution in [1.29, 1.82) is 0 Å². The number of carbonyl (C=O) groups is 2. The third-order valence-corrected chi connectivity index (χ3v) is 7.26. The summed E-state index contributed by atoms with van der Waals surface area (Å²) in [5.41, 5.74) is 0.858. The number of Topliss-reactive ketones (excluding diaryl/α,β-unsaturated/α-hetero) is 1. The molecule has 39 heavy (non-hydrogen) atoms. The molecule has 1 amide bonds. The highest BCUT2D eigenvalue weighted by Crippen LogP contribution is 2.46. The van der Waals surface area contributed by atoms with E-state index in [1.54, 1.807) is 30.3 Å². The van der Waals surface area contributed by atoms with Gasteiger partial charge < -0.3 is 43.3 Å². The molecule has 208 valence electrons. The number of methoxy groups -OCH3 is 3. The summed E-state index contributed by atoms with van der Waals surface area (Å²) in [6.07, 6.45) is 0. The van der Waals surface area contributed by atoms with Crippen LogP contribution in [0.2, 0.25) is 0 Å². The molecule has 2 N–H and O–H groups in total. The minimum Gasteiger partial charge on any atom is -0.507 e. The van der Waals surface area contributed by atoms with Crippen molar-refractivity contribution in [2.75, 3.05) is 73.9 Å². The molecule has 11 heteroatoms. The number of morpholine rings is 1. The molecule has 2 aromatic rings. The number of nitrogens with zero attached hydrogens (tertiary/aromatic N) is 1. The number of aliphatic hydroxyl groups excluding tert-OH is 1. The van der Waals surface area contributed by atoms with Crippen LogP contribution < -0.4 is 28.6 Å². The quantitative estimate of drug-likeness (QED) is 0.285. The molecule has 0 aromatic heterocycles. The number of fused-ring (bicyclic) bond motifs is 1. The summed E-state index contributed by atoms with van der Waals surface area (Å²) < 4.78 is 33.3. The van der Waals surface area contributed by atoms with Crippen molar-refractivity contribution in [3.8, 4) is 28.7 Å². The molecule has 3 heterocycles. The average molecular weight is 542 g/mol. The van der Waals surface area contributed by atoms with Gasteiger partial charge in [-0.15, -0.1) is 0 Å². The SMILES string of the molecule is COc1cc([C@@H]2C(=C(O)c3ccc4c(c3)OCCO4)C(=O)C(=O)N2CC[NH+]2CCOCC2)cc(OC)c1OC. The van der Waals surface area contributed by atoms with Gasteiger partial charge in [0, 0.05) is 5.56 Å². The maximum absolute atomic E-state index is 13.5. The van der Waals surface area contributed by atoms with Crippen molar-refractivity contribution in [2.45, 2.75) is 6.04 Å². The second-order valence-electron chi connectivity index (χ2n) is 9.42. The van der Waals surface area contributed by atoms with Gasteiger partial charge in [0.25, 0.3) is 11.7 Å². The van der Waals surface area contributed by atoms with Gasteiger partial charge in [-0.2, -0.15) is 0 Å². The molecule has 0 saturated carbocycles. The molecule has 2 fully saturated rings. The largest absolute Gasteiger partial charge is 0.507 e. The zero-order valence-corrected chi connectivity index (χ0v) is 22.3. The van der Waals surface area contributed by atoms with E-state index in [1.165, 1.54) is 31.1 Å². The molecule has 1 atom stereocenters. The molecule has 3 aliphatic rings. The Morgan fingerprint density at radius 1 is 0.949 bits per heavy atom. The molecule has 0 unspecified atom stereocenters. The van der Waals surface area contributed by atoms with Crippen LogP contribution in [0.4, 0.5) is 0 Å². The first-order chi connectivity index (χ1) is 19.0. The number of nitrogens with one attached hydrogen (secondary N) is 1. The summed E-state index contributed by atoms with van der Waals surface area (Å²) in [7, 11) is 4.49. The van der Waals surface area contributed by atoms with Crippen LogP contribution in [0.15, 0.2) is 35.9 Å². The lowest BCUT2D eigenvalue weighted by Gasteiger charge is -2.29. The third-order valence-electron chi connectivity index (χ3n) is 7.26. The first kappa shape index (κ1) is 26.6. The van der Waals surface area contributed by atoms with Gasteiger partial charge in [-0.05, 0) is 35.9 Å². The number of rotatable bonds is 8. The molecule has 2 aromatic carbocycles.